The van der Waals surface area contributed by atoms with Crippen LogP contribution in [0.1, 0.15) is 6.42 Å². The third-order valence-corrected chi connectivity index (χ3v) is 6.75. The summed E-state index contributed by atoms with van der Waals surface area (Å²) in [6, 6.07) is 3.48. The summed E-state index contributed by atoms with van der Waals surface area (Å²) in [7, 11) is -1.20. The van der Waals surface area contributed by atoms with Crippen molar-refractivity contribution in [2.24, 2.45) is 10.9 Å². The number of anilines is 1. The fourth-order valence-corrected chi connectivity index (χ4v) is 5.35. The van der Waals surface area contributed by atoms with Crippen molar-refractivity contribution in [3.63, 3.8) is 0 Å². The molecular formula is C17H25F2IN4O2S. The van der Waals surface area contributed by atoms with Gasteiger partial charge >= 0.3 is 0 Å². The van der Waals surface area contributed by atoms with Crippen LogP contribution >= 0.6 is 24.0 Å². The first-order valence-electron chi connectivity index (χ1n) is 8.74. The zero-order chi connectivity index (χ0) is 18.7. The lowest BCUT2D eigenvalue weighted by atomic mass is 10.1. The van der Waals surface area contributed by atoms with E-state index in [4.69, 9.17) is 0 Å². The topological polar surface area (TPSA) is 65.0 Å². The highest BCUT2D eigenvalue weighted by molar-refractivity contribution is 14.0. The number of halogens is 3. The molecule has 0 aliphatic carbocycles. The summed E-state index contributed by atoms with van der Waals surface area (Å²) >= 11 is 0. The van der Waals surface area contributed by atoms with Gasteiger partial charge in [-0.25, -0.2) is 17.2 Å². The summed E-state index contributed by atoms with van der Waals surface area (Å²) < 4.78 is 50.4. The van der Waals surface area contributed by atoms with Gasteiger partial charge in [-0.05, 0) is 24.5 Å². The van der Waals surface area contributed by atoms with E-state index < -0.39 is 21.5 Å². The van der Waals surface area contributed by atoms with Crippen LogP contribution in [0.25, 0.3) is 0 Å². The Morgan fingerprint density at radius 3 is 2.56 bits per heavy atom. The molecule has 10 heteroatoms. The van der Waals surface area contributed by atoms with Crippen LogP contribution in [0.4, 0.5) is 14.5 Å². The lowest BCUT2D eigenvalue weighted by Crippen LogP contribution is -2.53. The van der Waals surface area contributed by atoms with Crippen molar-refractivity contribution >= 4 is 45.5 Å². The second kappa shape index (κ2) is 9.35. The Balaban J connectivity index is 0.00000261. The van der Waals surface area contributed by atoms with Crippen molar-refractivity contribution in [2.45, 2.75) is 6.42 Å². The number of sulfone groups is 1. The predicted octanol–water partition coefficient (Wildman–Crippen LogP) is 1.71. The minimum absolute atomic E-state index is 0. The molecule has 2 aliphatic heterocycles. The Morgan fingerprint density at radius 1 is 1.26 bits per heavy atom. The Morgan fingerprint density at radius 2 is 1.96 bits per heavy atom. The van der Waals surface area contributed by atoms with Crippen molar-refractivity contribution in [2.75, 3.05) is 56.2 Å². The first-order valence-corrected chi connectivity index (χ1v) is 10.6. The van der Waals surface area contributed by atoms with E-state index in [1.165, 1.54) is 6.07 Å². The van der Waals surface area contributed by atoms with Gasteiger partial charge in [0.25, 0.3) is 0 Å². The molecule has 27 heavy (non-hydrogen) atoms. The minimum atomic E-state index is -2.89. The summed E-state index contributed by atoms with van der Waals surface area (Å²) in [6.45, 7) is 2.93. The largest absolute Gasteiger partial charge is 0.366 e. The maximum atomic E-state index is 13.9. The highest BCUT2D eigenvalue weighted by Crippen LogP contribution is 2.22. The van der Waals surface area contributed by atoms with E-state index in [-0.39, 0.29) is 47.1 Å². The molecule has 3 rings (SSSR count). The maximum Gasteiger partial charge on any atom is 0.193 e. The number of aliphatic imine (C=N–C) groups is 1. The molecule has 2 fully saturated rings. The van der Waals surface area contributed by atoms with E-state index in [9.17, 15) is 17.2 Å². The zero-order valence-corrected chi connectivity index (χ0v) is 18.3. The summed E-state index contributed by atoms with van der Waals surface area (Å²) in [5.41, 5.74) is 0.281. The van der Waals surface area contributed by atoms with Gasteiger partial charge in [0.15, 0.2) is 15.8 Å². The van der Waals surface area contributed by atoms with Crippen molar-refractivity contribution in [3.8, 4) is 0 Å². The van der Waals surface area contributed by atoms with Crippen molar-refractivity contribution in [1.82, 2.24) is 10.2 Å². The molecule has 152 valence electrons. The van der Waals surface area contributed by atoms with Crippen LogP contribution in [-0.2, 0) is 9.84 Å². The molecule has 0 radical (unpaired) electrons. The summed E-state index contributed by atoms with van der Waals surface area (Å²) in [5.74, 6) is 0.435. The van der Waals surface area contributed by atoms with E-state index in [0.717, 1.165) is 12.1 Å². The van der Waals surface area contributed by atoms with Crippen LogP contribution in [0, 0.1) is 17.6 Å². The highest BCUT2D eigenvalue weighted by Gasteiger charge is 2.28. The third-order valence-electron chi connectivity index (χ3n) is 4.92. The number of hydrogen-bond acceptors (Lipinski definition) is 4. The van der Waals surface area contributed by atoms with Crippen molar-refractivity contribution in [3.05, 3.63) is 29.8 Å². The normalized spacial score (nSPS) is 22.5. The van der Waals surface area contributed by atoms with Crippen LogP contribution in [0.3, 0.4) is 0 Å². The number of rotatable bonds is 3. The van der Waals surface area contributed by atoms with Crippen molar-refractivity contribution in [1.29, 1.82) is 0 Å². The number of piperazine rings is 1. The molecular weight excluding hydrogens is 489 g/mol. The number of guanidine groups is 1. The smallest absolute Gasteiger partial charge is 0.193 e. The lowest BCUT2D eigenvalue weighted by molar-refractivity contribution is 0.367. The lowest BCUT2D eigenvalue weighted by Gasteiger charge is -2.38. The first-order chi connectivity index (χ1) is 12.4. The number of benzene rings is 1. The first kappa shape index (κ1) is 22.1. The van der Waals surface area contributed by atoms with Gasteiger partial charge in [-0.3, -0.25) is 4.99 Å². The molecule has 0 amide bonds. The Kier molecular flexibility index (Phi) is 7.66. The van der Waals surface area contributed by atoms with E-state index in [0.29, 0.717) is 45.1 Å². The summed E-state index contributed by atoms with van der Waals surface area (Å²) in [6.07, 6.45) is 0.680. The van der Waals surface area contributed by atoms with Gasteiger partial charge in [0.05, 0.1) is 17.2 Å². The van der Waals surface area contributed by atoms with Crippen LogP contribution in [0.2, 0.25) is 0 Å². The number of hydrogen-bond donors (Lipinski definition) is 1. The van der Waals surface area contributed by atoms with E-state index in [1.54, 1.807) is 7.05 Å². The molecule has 0 bridgehead atoms. The van der Waals surface area contributed by atoms with Gasteiger partial charge in [-0.1, -0.05) is 0 Å². The summed E-state index contributed by atoms with van der Waals surface area (Å²) in [4.78, 5) is 8.15. The van der Waals surface area contributed by atoms with Crippen LogP contribution in [0.15, 0.2) is 23.2 Å². The van der Waals surface area contributed by atoms with Gasteiger partial charge in [0.2, 0.25) is 0 Å². The second-order valence-corrected chi connectivity index (χ2v) is 9.00. The third kappa shape index (κ3) is 5.66. The van der Waals surface area contributed by atoms with Crippen molar-refractivity contribution < 1.29 is 17.2 Å². The highest BCUT2D eigenvalue weighted by atomic mass is 127. The van der Waals surface area contributed by atoms with Gasteiger partial charge in [0, 0.05) is 45.8 Å². The molecule has 1 atom stereocenters. The Bertz CT molecular complexity index is 783. The fraction of sp³-hybridized carbons (Fsp3) is 0.588. The second-order valence-electron chi connectivity index (χ2n) is 6.77. The SMILES string of the molecule is CN=C(NCC1CCS(=O)(=O)C1)N1CCN(c2cc(F)ccc2F)CC1.I. The summed E-state index contributed by atoms with van der Waals surface area (Å²) in [5, 5.41) is 3.25. The van der Waals surface area contributed by atoms with E-state index in [2.05, 4.69) is 15.2 Å². The zero-order valence-electron chi connectivity index (χ0n) is 15.2. The molecule has 1 aromatic carbocycles. The average Bonchev–Trinajstić information content (AvgIpc) is 2.97. The molecule has 6 nitrogen and oxygen atoms in total. The quantitative estimate of drug-likeness (QED) is 0.378. The average molecular weight is 514 g/mol. The van der Waals surface area contributed by atoms with Crippen LogP contribution in [-0.4, -0.2) is 70.6 Å². The molecule has 1 N–H and O–H groups in total. The molecule has 0 aromatic heterocycles. The molecule has 2 aliphatic rings. The minimum Gasteiger partial charge on any atom is -0.366 e. The van der Waals surface area contributed by atoms with Gasteiger partial charge in [-0.15, -0.1) is 24.0 Å². The standard InChI is InChI=1S/C17H24F2N4O2S.HI/c1-20-17(21-11-13-4-9-26(24,25)12-13)23-7-5-22(6-8-23)16-10-14(18)2-3-15(16)19;/h2-3,10,13H,4-9,11-12H2,1H3,(H,20,21);1H. The Hall–Kier alpha value is -1.17. The maximum absolute atomic E-state index is 13.9. The molecule has 0 spiro atoms. The van der Waals surface area contributed by atoms with E-state index in [1.807, 2.05) is 4.90 Å². The number of nitrogens with one attached hydrogen (secondary N) is 1. The van der Waals surface area contributed by atoms with Crippen LogP contribution < -0.4 is 10.2 Å². The van der Waals surface area contributed by atoms with Gasteiger partial charge in [0.1, 0.15) is 11.6 Å². The predicted molar refractivity (Wildman–Crippen MR) is 114 cm³/mol. The van der Waals surface area contributed by atoms with Gasteiger partial charge < -0.3 is 15.1 Å². The Labute approximate surface area is 175 Å². The van der Waals surface area contributed by atoms with Gasteiger partial charge in [-0.2, -0.15) is 0 Å². The van der Waals surface area contributed by atoms with E-state index >= 15 is 0 Å². The molecule has 0 saturated carbocycles. The van der Waals surface area contributed by atoms with Crippen LogP contribution in [0.5, 0.6) is 0 Å². The molecule has 2 saturated heterocycles. The molecule has 1 unspecified atom stereocenters. The molecule has 1 aromatic rings. The number of nitrogens with zero attached hydrogens (tertiary/aromatic N) is 3. The molecule has 2 heterocycles. The fourth-order valence-electron chi connectivity index (χ4n) is 3.49. The monoisotopic (exact) mass is 514 g/mol.